The molecule has 6 bridgehead atoms. The normalized spacial score (nSPS) is 13.3. The van der Waals surface area contributed by atoms with Gasteiger partial charge in [0.05, 0.1) is 11.7 Å². The van der Waals surface area contributed by atoms with Gasteiger partial charge in [0.15, 0.2) is 0 Å². The molecule has 132 valence electrons. The van der Waals surface area contributed by atoms with Crippen molar-refractivity contribution in [2.45, 2.75) is 25.7 Å². The molecule has 0 aliphatic heterocycles. The van der Waals surface area contributed by atoms with Crippen LogP contribution in [0.15, 0.2) is 72.8 Å². The van der Waals surface area contributed by atoms with Crippen molar-refractivity contribution >= 4 is 11.7 Å². The van der Waals surface area contributed by atoms with Crippen LogP contribution in [-0.2, 0) is 25.7 Å². The highest BCUT2D eigenvalue weighted by Crippen LogP contribution is 2.31. The van der Waals surface area contributed by atoms with Gasteiger partial charge >= 0.3 is 0 Å². The lowest BCUT2D eigenvalue weighted by atomic mass is 9.97. The molecular weight excluding hydrogens is 348 g/mol. The van der Waals surface area contributed by atoms with E-state index in [2.05, 4.69) is 81.5 Å². The molecule has 1 heterocycles. The number of nitrogens with zero attached hydrogens (tertiary/aromatic N) is 2. The first-order chi connectivity index (χ1) is 13.3. The molecule has 0 saturated heterocycles. The van der Waals surface area contributed by atoms with Gasteiger partial charge in [-0.25, -0.2) is 0 Å². The van der Waals surface area contributed by atoms with Crippen molar-refractivity contribution in [3.8, 4) is 22.5 Å². The fourth-order valence-corrected chi connectivity index (χ4v) is 4.26. The third kappa shape index (κ3) is 3.43. The van der Waals surface area contributed by atoms with Crippen LogP contribution in [0.1, 0.15) is 22.3 Å². The Kier molecular flexibility index (Phi) is 4.30. The minimum Gasteiger partial charge on any atom is -0.172 e. The molecule has 0 unspecified atom stereocenters. The topological polar surface area (TPSA) is 25.8 Å². The van der Waals surface area contributed by atoms with Crippen molar-refractivity contribution in [2.75, 3.05) is 0 Å². The molecule has 3 heteroatoms. The molecular formula is C24H20N2S. The minimum absolute atomic E-state index is 0.982. The highest BCUT2D eigenvalue weighted by Gasteiger charge is 2.13. The second kappa shape index (κ2) is 7.09. The SMILES string of the molecule is c1cc2ccc1CCc1ccc(cc1)-c1nsnc1-c1ccc(cc1)CC2. The summed E-state index contributed by atoms with van der Waals surface area (Å²) in [5, 5.41) is 0. The van der Waals surface area contributed by atoms with Crippen LogP contribution in [0.4, 0.5) is 0 Å². The van der Waals surface area contributed by atoms with Gasteiger partial charge < -0.3 is 0 Å². The average molecular weight is 369 g/mol. The summed E-state index contributed by atoms with van der Waals surface area (Å²) in [5.41, 5.74) is 9.76. The van der Waals surface area contributed by atoms with Crippen LogP contribution < -0.4 is 0 Å². The molecule has 2 nitrogen and oxygen atoms in total. The maximum atomic E-state index is 4.57. The monoisotopic (exact) mass is 368 g/mol. The van der Waals surface area contributed by atoms with E-state index in [0.29, 0.717) is 0 Å². The third-order valence-electron chi connectivity index (χ3n) is 5.37. The van der Waals surface area contributed by atoms with E-state index in [1.165, 1.54) is 34.0 Å². The molecule has 0 amide bonds. The Balaban J connectivity index is 1.58. The fraction of sp³-hybridized carbons (Fsp3) is 0.167. The number of benzene rings is 3. The molecule has 0 spiro atoms. The van der Waals surface area contributed by atoms with Gasteiger partial charge in [0.1, 0.15) is 11.4 Å². The van der Waals surface area contributed by atoms with Crippen LogP contribution >= 0.6 is 11.7 Å². The van der Waals surface area contributed by atoms with Crippen molar-refractivity contribution < 1.29 is 0 Å². The average Bonchev–Trinajstić information content (AvgIpc) is 3.22. The van der Waals surface area contributed by atoms with E-state index in [4.69, 9.17) is 0 Å². The Bertz CT molecular complexity index is 960. The largest absolute Gasteiger partial charge is 0.172 e. The molecule has 3 aromatic carbocycles. The summed E-state index contributed by atoms with van der Waals surface area (Å²) >= 11 is 1.29. The number of rotatable bonds is 0. The van der Waals surface area contributed by atoms with Gasteiger partial charge in [0, 0.05) is 11.1 Å². The molecule has 1 aromatic heterocycles. The van der Waals surface area contributed by atoms with Crippen LogP contribution in [0.2, 0.25) is 0 Å². The number of aromatic nitrogens is 2. The van der Waals surface area contributed by atoms with Crippen molar-refractivity contribution in [3.63, 3.8) is 0 Å². The van der Waals surface area contributed by atoms with Gasteiger partial charge in [-0.2, -0.15) is 8.75 Å². The number of hydrogen-bond donors (Lipinski definition) is 0. The Hall–Kier alpha value is -2.78. The van der Waals surface area contributed by atoms with Crippen LogP contribution in [0.5, 0.6) is 0 Å². The second-order valence-electron chi connectivity index (χ2n) is 7.17. The van der Waals surface area contributed by atoms with E-state index >= 15 is 0 Å². The smallest absolute Gasteiger partial charge is 0.112 e. The fourth-order valence-electron chi connectivity index (χ4n) is 3.68. The van der Waals surface area contributed by atoms with Gasteiger partial charge in [-0.3, -0.25) is 0 Å². The lowest BCUT2D eigenvalue weighted by Crippen LogP contribution is -1.95. The lowest BCUT2D eigenvalue weighted by molar-refractivity contribution is 0.940. The summed E-state index contributed by atoms with van der Waals surface area (Å²) in [6, 6.07) is 26.7. The maximum Gasteiger partial charge on any atom is 0.112 e. The predicted octanol–water partition coefficient (Wildman–Crippen LogP) is 5.76. The van der Waals surface area contributed by atoms with E-state index < -0.39 is 0 Å². The number of hydrogen-bond acceptors (Lipinski definition) is 3. The predicted molar refractivity (Wildman–Crippen MR) is 112 cm³/mol. The molecule has 0 atom stereocenters. The zero-order valence-electron chi connectivity index (χ0n) is 15.1. The van der Waals surface area contributed by atoms with E-state index in [1.807, 2.05) is 0 Å². The van der Waals surface area contributed by atoms with E-state index in [9.17, 15) is 0 Å². The highest BCUT2D eigenvalue weighted by molar-refractivity contribution is 6.99. The van der Waals surface area contributed by atoms with Crippen molar-refractivity contribution in [1.29, 1.82) is 0 Å². The molecule has 10 rings (SSSR count). The first-order valence-corrected chi connectivity index (χ1v) is 10.2. The van der Waals surface area contributed by atoms with Crippen molar-refractivity contribution in [2.24, 2.45) is 0 Å². The van der Waals surface area contributed by atoms with Crippen LogP contribution in [-0.4, -0.2) is 8.75 Å². The molecule has 0 saturated carbocycles. The zero-order valence-corrected chi connectivity index (χ0v) is 15.9. The number of aryl methyl sites for hydroxylation is 4. The molecule has 0 radical (unpaired) electrons. The Labute approximate surface area is 163 Å². The molecule has 27 heavy (non-hydrogen) atoms. The Morgan fingerprint density at radius 3 is 1.07 bits per heavy atom. The molecule has 6 aliphatic carbocycles. The van der Waals surface area contributed by atoms with Crippen LogP contribution in [0.3, 0.4) is 0 Å². The van der Waals surface area contributed by atoms with E-state index in [1.54, 1.807) is 0 Å². The lowest BCUT2D eigenvalue weighted by Gasteiger charge is -2.08. The summed E-state index contributed by atoms with van der Waals surface area (Å²) in [6.07, 6.45) is 4.26. The quantitative estimate of drug-likeness (QED) is 0.394. The maximum absolute atomic E-state index is 4.57. The first-order valence-electron chi connectivity index (χ1n) is 9.44. The van der Waals surface area contributed by atoms with Crippen LogP contribution in [0, 0.1) is 0 Å². The van der Waals surface area contributed by atoms with Gasteiger partial charge in [-0.05, 0) is 47.9 Å². The van der Waals surface area contributed by atoms with Crippen molar-refractivity contribution in [3.05, 3.63) is 95.1 Å². The van der Waals surface area contributed by atoms with Crippen molar-refractivity contribution in [1.82, 2.24) is 8.75 Å². The molecule has 0 N–H and O–H groups in total. The van der Waals surface area contributed by atoms with Gasteiger partial charge in [0.2, 0.25) is 0 Å². The minimum atomic E-state index is 0.982. The Morgan fingerprint density at radius 1 is 0.444 bits per heavy atom. The zero-order chi connectivity index (χ0) is 18.1. The third-order valence-corrected chi connectivity index (χ3v) is 5.90. The standard InChI is InChI=1S/C24H20N2S/c1-2-18-4-3-17(1)5-7-19-9-13-21(14-10-19)23-24(26-27-25-23)22-15-11-20(8-6-18)12-16-22/h1-4,9-16H,5-8H2. The highest BCUT2D eigenvalue weighted by atomic mass is 32.1. The Morgan fingerprint density at radius 2 is 0.741 bits per heavy atom. The van der Waals surface area contributed by atoms with Gasteiger partial charge in [0.25, 0.3) is 0 Å². The first kappa shape index (κ1) is 16.4. The van der Waals surface area contributed by atoms with E-state index in [0.717, 1.165) is 48.2 Å². The summed E-state index contributed by atoms with van der Waals surface area (Å²) < 4.78 is 9.14. The van der Waals surface area contributed by atoms with Crippen LogP contribution in [0.25, 0.3) is 22.5 Å². The molecule has 4 aromatic rings. The summed E-state index contributed by atoms with van der Waals surface area (Å²) in [5.74, 6) is 0. The molecule has 0 fully saturated rings. The summed E-state index contributed by atoms with van der Waals surface area (Å²) in [7, 11) is 0. The second-order valence-corrected chi connectivity index (χ2v) is 7.70. The van der Waals surface area contributed by atoms with Gasteiger partial charge in [-0.1, -0.05) is 72.8 Å². The van der Waals surface area contributed by atoms with E-state index in [-0.39, 0.29) is 0 Å². The summed E-state index contributed by atoms with van der Waals surface area (Å²) in [6.45, 7) is 0. The summed E-state index contributed by atoms with van der Waals surface area (Å²) in [4.78, 5) is 0. The van der Waals surface area contributed by atoms with Gasteiger partial charge in [-0.15, -0.1) is 0 Å². The molecule has 6 aliphatic rings.